The van der Waals surface area contributed by atoms with E-state index in [9.17, 15) is 0 Å². The van der Waals surface area contributed by atoms with Crippen molar-refractivity contribution in [2.24, 2.45) is 0 Å². The molecule has 0 saturated carbocycles. The Labute approximate surface area is 65.9 Å². The molecule has 0 saturated heterocycles. The van der Waals surface area contributed by atoms with Crippen LogP contribution in [0, 0.1) is 22.7 Å². The number of rotatable bonds is 5. The summed E-state index contributed by atoms with van der Waals surface area (Å²) in [5, 5.41) is 16.5. The Kier molecular flexibility index (Phi) is 6.31. The van der Waals surface area contributed by atoms with Gasteiger partial charge in [-0.15, -0.1) is 0 Å². The molecule has 0 aliphatic heterocycles. The number of ether oxygens (including phenoxy) is 2. The van der Waals surface area contributed by atoms with Crippen LogP contribution in [0.3, 0.4) is 0 Å². The average molecular weight is 154 g/mol. The van der Waals surface area contributed by atoms with Crippen molar-refractivity contribution < 1.29 is 9.47 Å². The van der Waals surface area contributed by atoms with Gasteiger partial charge in [0.15, 0.2) is 0 Å². The molecule has 0 fully saturated rings. The molecule has 0 aliphatic rings. The Morgan fingerprint density at radius 3 is 2.36 bits per heavy atom. The van der Waals surface area contributed by atoms with E-state index in [1.807, 2.05) is 6.92 Å². The van der Waals surface area contributed by atoms with Gasteiger partial charge in [0.1, 0.15) is 12.1 Å². The van der Waals surface area contributed by atoms with Crippen LogP contribution in [-0.4, -0.2) is 25.9 Å². The van der Waals surface area contributed by atoms with Crippen molar-refractivity contribution in [2.75, 3.05) is 19.8 Å². The van der Waals surface area contributed by atoms with E-state index in [1.54, 1.807) is 12.1 Å². The number of hydrogen-bond acceptors (Lipinski definition) is 4. The van der Waals surface area contributed by atoms with E-state index in [2.05, 4.69) is 0 Å². The molecule has 60 valence electrons. The standard InChI is InChI=1S/C7H10N2O2/c1-2-10-3-4-11-7(5-8)6-9/h7H,2-4H2,1H3. The molecule has 0 aromatic rings. The first-order valence-electron chi connectivity index (χ1n) is 3.33. The first-order valence-corrected chi connectivity index (χ1v) is 3.33. The fourth-order valence-corrected chi connectivity index (χ4v) is 0.473. The van der Waals surface area contributed by atoms with Gasteiger partial charge in [-0.2, -0.15) is 10.5 Å². The van der Waals surface area contributed by atoms with Gasteiger partial charge in [0.05, 0.1) is 13.2 Å². The molecule has 0 rings (SSSR count). The Morgan fingerprint density at radius 2 is 1.91 bits per heavy atom. The van der Waals surface area contributed by atoms with Crippen molar-refractivity contribution in [2.45, 2.75) is 13.0 Å². The summed E-state index contributed by atoms with van der Waals surface area (Å²) in [5.41, 5.74) is 0. The van der Waals surface area contributed by atoms with E-state index in [1.165, 1.54) is 0 Å². The van der Waals surface area contributed by atoms with Gasteiger partial charge in [0, 0.05) is 6.61 Å². The Hall–Kier alpha value is -1.10. The average Bonchev–Trinajstić information content (AvgIpc) is 2.05. The predicted octanol–water partition coefficient (Wildman–Crippen LogP) is 0.455. The zero-order chi connectivity index (χ0) is 8.53. The predicted molar refractivity (Wildman–Crippen MR) is 37.5 cm³/mol. The summed E-state index contributed by atoms with van der Waals surface area (Å²) in [4.78, 5) is 0. The largest absolute Gasteiger partial charge is 0.379 e. The topological polar surface area (TPSA) is 66.0 Å². The van der Waals surface area contributed by atoms with Crippen LogP contribution in [0.15, 0.2) is 0 Å². The molecule has 0 aromatic heterocycles. The lowest BCUT2D eigenvalue weighted by Crippen LogP contribution is -2.12. The molecule has 0 amide bonds. The van der Waals surface area contributed by atoms with Crippen LogP contribution in [0.5, 0.6) is 0 Å². The first-order chi connectivity index (χ1) is 5.35. The summed E-state index contributed by atoms with van der Waals surface area (Å²) in [7, 11) is 0. The summed E-state index contributed by atoms with van der Waals surface area (Å²) in [5.74, 6) is 0. The van der Waals surface area contributed by atoms with E-state index in [-0.39, 0.29) is 0 Å². The van der Waals surface area contributed by atoms with Crippen LogP contribution < -0.4 is 0 Å². The lowest BCUT2D eigenvalue weighted by molar-refractivity contribution is 0.0472. The lowest BCUT2D eigenvalue weighted by atomic mass is 10.4. The highest BCUT2D eigenvalue weighted by atomic mass is 16.5. The van der Waals surface area contributed by atoms with Crippen LogP contribution in [0.2, 0.25) is 0 Å². The van der Waals surface area contributed by atoms with Crippen molar-refractivity contribution in [1.29, 1.82) is 10.5 Å². The number of hydrogen-bond donors (Lipinski definition) is 0. The molecule has 0 unspecified atom stereocenters. The maximum atomic E-state index is 8.24. The normalized spacial score (nSPS) is 9.09. The third-order valence-corrected chi connectivity index (χ3v) is 0.951. The van der Waals surface area contributed by atoms with Crippen LogP contribution in [0.25, 0.3) is 0 Å². The maximum Gasteiger partial charge on any atom is 0.230 e. The number of nitriles is 2. The molecule has 0 aromatic carbocycles. The quantitative estimate of drug-likeness (QED) is 0.539. The first kappa shape index (κ1) is 9.90. The maximum absolute atomic E-state index is 8.24. The third-order valence-electron chi connectivity index (χ3n) is 0.951. The van der Waals surface area contributed by atoms with Gasteiger partial charge in [-0.05, 0) is 6.92 Å². The molecule has 0 bridgehead atoms. The SMILES string of the molecule is CCOCCOC(C#N)C#N. The molecule has 0 heterocycles. The Bertz CT molecular complexity index is 154. The summed E-state index contributed by atoms with van der Waals surface area (Å²) in [6.45, 7) is 3.20. The fraction of sp³-hybridized carbons (Fsp3) is 0.714. The molecule has 0 atom stereocenters. The van der Waals surface area contributed by atoms with E-state index < -0.39 is 6.10 Å². The van der Waals surface area contributed by atoms with Crippen molar-refractivity contribution >= 4 is 0 Å². The van der Waals surface area contributed by atoms with Crippen LogP contribution in [-0.2, 0) is 9.47 Å². The highest BCUT2D eigenvalue weighted by Crippen LogP contribution is 1.87. The van der Waals surface area contributed by atoms with Gasteiger partial charge in [0.2, 0.25) is 6.10 Å². The van der Waals surface area contributed by atoms with Crippen molar-refractivity contribution in [1.82, 2.24) is 0 Å². The zero-order valence-corrected chi connectivity index (χ0v) is 6.41. The summed E-state index contributed by atoms with van der Waals surface area (Å²) >= 11 is 0. The lowest BCUT2D eigenvalue weighted by Gasteiger charge is -2.02. The highest BCUT2D eigenvalue weighted by Gasteiger charge is 2.02. The third kappa shape index (κ3) is 5.35. The van der Waals surface area contributed by atoms with Crippen LogP contribution in [0.1, 0.15) is 6.92 Å². The smallest absolute Gasteiger partial charge is 0.230 e. The summed E-state index contributed by atoms with van der Waals surface area (Å²) < 4.78 is 9.72. The van der Waals surface area contributed by atoms with E-state index in [0.717, 1.165) is 0 Å². The van der Waals surface area contributed by atoms with E-state index >= 15 is 0 Å². The Morgan fingerprint density at radius 1 is 1.27 bits per heavy atom. The second kappa shape index (κ2) is 7.01. The van der Waals surface area contributed by atoms with Crippen LogP contribution >= 0.6 is 0 Å². The van der Waals surface area contributed by atoms with Gasteiger partial charge < -0.3 is 9.47 Å². The molecule has 4 nitrogen and oxygen atoms in total. The van der Waals surface area contributed by atoms with Gasteiger partial charge in [-0.3, -0.25) is 0 Å². The van der Waals surface area contributed by atoms with Crippen LogP contribution in [0.4, 0.5) is 0 Å². The van der Waals surface area contributed by atoms with Crippen molar-refractivity contribution in [3.8, 4) is 12.1 Å². The summed E-state index contributed by atoms with van der Waals surface area (Å²) in [6.07, 6.45) is -0.963. The van der Waals surface area contributed by atoms with Crippen molar-refractivity contribution in [3.63, 3.8) is 0 Å². The zero-order valence-electron chi connectivity index (χ0n) is 6.41. The fourth-order valence-electron chi connectivity index (χ4n) is 0.473. The molecule has 0 spiro atoms. The molecule has 0 aliphatic carbocycles. The second-order valence-electron chi connectivity index (χ2n) is 1.71. The second-order valence-corrected chi connectivity index (χ2v) is 1.71. The molecule has 11 heavy (non-hydrogen) atoms. The van der Waals surface area contributed by atoms with E-state index in [4.69, 9.17) is 20.0 Å². The minimum absolute atomic E-state index is 0.291. The van der Waals surface area contributed by atoms with Gasteiger partial charge in [-0.1, -0.05) is 0 Å². The van der Waals surface area contributed by atoms with Gasteiger partial charge >= 0.3 is 0 Å². The van der Waals surface area contributed by atoms with Gasteiger partial charge in [0.25, 0.3) is 0 Å². The molecular weight excluding hydrogens is 144 g/mol. The Balaban J connectivity index is 3.25. The molecule has 0 radical (unpaired) electrons. The minimum atomic E-state index is -0.963. The van der Waals surface area contributed by atoms with Crippen molar-refractivity contribution in [3.05, 3.63) is 0 Å². The summed E-state index contributed by atoms with van der Waals surface area (Å²) in [6, 6.07) is 3.38. The minimum Gasteiger partial charge on any atom is -0.379 e. The molecule has 0 N–H and O–H groups in total. The highest BCUT2D eigenvalue weighted by molar-refractivity contribution is 5.01. The number of nitrogens with zero attached hydrogens (tertiary/aromatic N) is 2. The molecule has 4 heteroatoms. The van der Waals surface area contributed by atoms with Gasteiger partial charge in [-0.25, -0.2) is 0 Å². The monoisotopic (exact) mass is 154 g/mol. The van der Waals surface area contributed by atoms with E-state index in [0.29, 0.717) is 19.8 Å². The molecular formula is C7H10N2O2.